The van der Waals surface area contributed by atoms with E-state index in [1.54, 1.807) is 37.3 Å². The van der Waals surface area contributed by atoms with Gasteiger partial charge >= 0.3 is 5.97 Å². The highest BCUT2D eigenvalue weighted by Gasteiger charge is 2.34. The van der Waals surface area contributed by atoms with Crippen LogP contribution in [0, 0.1) is 11.3 Å². The summed E-state index contributed by atoms with van der Waals surface area (Å²) < 4.78 is 5.12. The van der Waals surface area contributed by atoms with Gasteiger partial charge in [0.05, 0.1) is 6.07 Å². The van der Waals surface area contributed by atoms with Gasteiger partial charge in [-0.15, -0.1) is 0 Å². The zero-order valence-corrected chi connectivity index (χ0v) is 11.6. The highest BCUT2D eigenvalue weighted by atomic mass is 28.2. The van der Waals surface area contributed by atoms with Crippen molar-refractivity contribution >= 4 is 16.5 Å². The van der Waals surface area contributed by atoms with Gasteiger partial charge in [-0.1, -0.05) is 30.3 Å². The van der Waals surface area contributed by atoms with E-state index in [9.17, 15) is 4.79 Å². The largest absolute Gasteiger partial charge is 0.479 e. The fourth-order valence-electron chi connectivity index (χ4n) is 1.08. The zero-order chi connectivity index (χ0) is 12.6. The number of hydrogen-bond donors (Lipinski definition) is 1. The van der Waals surface area contributed by atoms with Gasteiger partial charge in [-0.3, -0.25) is 0 Å². The van der Waals surface area contributed by atoms with Crippen molar-refractivity contribution in [3.8, 4) is 6.07 Å². The molecule has 0 aliphatic heterocycles. The van der Waals surface area contributed by atoms with Gasteiger partial charge in [-0.05, 0) is 12.5 Å². The molecule has 0 heterocycles. The van der Waals surface area contributed by atoms with Crippen molar-refractivity contribution in [3.63, 3.8) is 0 Å². The summed E-state index contributed by atoms with van der Waals surface area (Å²) in [6, 6.07) is 10.7. The summed E-state index contributed by atoms with van der Waals surface area (Å²) in [6.45, 7) is 3.00. The minimum Gasteiger partial charge on any atom is -0.479 e. The quantitative estimate of drug-likeness (QED) is 0.790. The van der Waals surface area contributed by atoms with Gasteiger partial charge in [0, 0.05) is 6.92 Å². The predicted octanol–water partition coefficient (Wildman–Crippen LogP) is 0.813. The summed E-state index contributed by atoms with van der Waals surface area (Å²) in [6.07, 6.45) is 0. The number of aliphatic carboxylic acids is 1. The second-order valence-electron chi connectivity index (χ2n) is 3.13. The average Bonchev–Trinajstić information content (AvgIpc) is 2.30. The Morgan fingerprint density at radius 3 is 2.25 bits per heavy atom. The molecule has 1 aromatic carbocycles. The Bertz CT molecular complexity index is 375. The molecule has 5 heteroatoms. The van der Waals surface area contributed by atoms with Crippen molar-refractivity contribution in [2.75, 3.05) is 0 Å². The first-order valence-electron chi connectivity index (χ1n) is 4.67. The molecule has 16 heavy (non-hydrogen) atoms. The highest BCUT2D eigenvalue weighted by Crippen LogP contribution is 2.23. The van der Waals surface area contributed by atoms with Crippen molar-refractivity contribution < 1.29 is 14.3 Å². The molecule has 0 radical (unpaired) electrons. The van der Waals surface area contributed by atoms with Crippen LogP contribution in [0.4, 0.5) is 0 Å². The number of carboxylic acid groups (broad SMARTS) is 1. The van der Waals surface area contributed by atoms with Crippen LogP contribution in [-0.2, 0) is 14.8 Å². The molecule has 0 spiro atoms. The Labute approximate surface area is 98.0 Å². The monoisotopic (exact) mass is 237 g/mol. The van der Waals surface area contributed by atoms with Crippen LogP contribution in [0.1, 0.15) is 19.4 Å². The molecule has 4 nitrogen and oxygen atoms in total. The summed E-state index contributed by atoms with van der Waals surface area (Å²) in [5, 5.41) is 16.3. The van der Waals surface area contributed by atoms with Crippen LogP contribution in [0.25, 0.3) is 0 Å². The maximum atomic E-state index is 10.9. The van der Waals surface area contributed by atoms with E-state index < -0.39 is 11.6 Å². The molecule has 0 bridgehead atoms. The molecule has 1 unspecified atom stereocenters. The van der Waals surface area contributed by atoms with Gasteiger partial charge in [0.25, 0.3) is 0 Å². The number of nitrogens with zero attached hydrogens (tertiary/aromatic N) is 1. The molecular weight excluding hydrogens is 222 g/mol. The standard InChI is InChI=1S/C9H12O3Si.C2H3N/c1-9(12-13,8(10)11)7-5-3-2-4-6-7;1-2-3/h2-6H,1,13H3,(H,10,11);1H3. The Morgan fingerprint density at radius 2 is 1.94 bits per heavy atom. The number of rotatable bonds is 3. The van der Waals surface area contributed by atoms with Crippen molar-refractivity contribution in [1.29, 1.82) is 5.26 Å². The molecule has 0 aliphatic carbocycles. The number of nitriles is 1. The number of carboxylic acids is 1. The van der Waals surface area contributed by atoms with E-state index >= 15 is 0 Å². The van der Waals surface area contributed by atoms with Crippen LogP contribution < -0.4 is 0 Å². The summed E-state index contributed by atoms with van der Waals surface area (Å²) >= 11 is 0. The molecule has 1 aromatic rings. The van der Waals surface area contributed by atoms with Crippen LogP contribution in [-0.4, -0.2) is 21.6 Å². The molecule has 0 saturated carbocycles. The zero-order valence-electron chi connectivity index (χ0n) is 9.60. The number of carbonyl (C=O) groups is 1. The fourth-order valence-corrected chi connectivity index (χ4v) is 1.50. The lowest BCUT2D eigenvalue weighted by atomic mass is 9.97. The highest BCUT2D eigenvalue weighted by molar-refractivity contribution is 6.00. The Morgan fingerprint density at radius 1 is 1.50 bits per heavy atom. The minimum atomic E-state index is -1.19. The summed E-state index contributed by atoms with van der Waals surface area (Å²) in [7, 11) is 0.399. The van der Waals surface area contributed by atoms with Crippen LogP contribution in [0.5, 0.6) is 0 Å². The van der Waals surface area contributed by atoms with Crippen molar-refractivity contribution in [2.45, 2.75) is 19.4 Å². The van der Waals surface area contributed by atoms with E-state index in [-0.39, 0.29) is 0 Å². The normalized spacial score (nSPS) is 12.8. The summed E-state index contributed by atoms with van der Waals surface area (Å²) in [5.74, 6) is -0.950. The van der Waals surface area contributed by atoms with Crippen LogP contribution in [0.2, 0.25) is 0 Å². The van der Waals surface area contributed by atoms with E-state index in [4.69, 9.17) is 14.8 Å². The Kier molecular flexibility index (Phi) is 6.07. The van der Waals surface area contributed by atoms with Gasteiger partial charge < -0.3 is 9.53 Å². The molecule has 1 N–H and O–H groups in total. The topological polar surface area (TPSA) is 70.3 Å². The van der Waals surface area contributed by atoms with Gasteiger partial charge in [-0.2, -0.15) is 5.26 Å². The third kappa shape index (κ3) is 3.49. The molecule has 1 atom stereocenters. The summed E-state index contributed by atoms with van der Waals surface area (Å²) in [5.41, 5.74) is -0.509. The van der Waals surface area contributed by atoms with E-state index in [0.29, 0.717) is 16.0 Å². The lowest BCUT2D eigenvalue weighted by Crippen LogP contribution is -2.34. The molecular formula is C11H15NO3Si. The van der Waals surface area contributed by atoms with Crippen molar-refractivity contribution in [1.82, 2.24) is 0 Å². The maximum Gasteiger partial charge on any atom is 0.339 e. The Balaban J connectivity index is 0.000000673. The summed E-state index contributed by atoms with van der Waals surface area (Å²) in [4.78, 5) is 10.9. The van der Waals surface area contributed by atoms with E-state index in [2.05, 4.69) is 0 Å². The molecule has 0 fully saturated rings. The van der Waals surface area contributed by atoms with E-state index in [1.165, 1.54) is 6.92 Å². The first kappa shape index (κ1) is 14.4. The van der Waals surface area contributed by atoms with Gasteiger partial charge in [0.15, 0.2) is 5.60 Å². The van der Waals surface area contributed by atoms with Crippen LogP contribution >= 0.6 is 0 Å². The number of benzene rings is 1. The van der Waals surface area contributed by atoms with Gasteiger partial charge in [-0.25, -0.2) is 4.79 Å². The SMILES string of the molecule is CC#N.CC(O[SiH3])(C(=O)O)c1ccccc1. The maximum absolute atomic E-state index is 10.9. The molecule has 0 aromatic heterocycles. The molecule has 86 valence electrons. The van der Waals surface area contributed by atoms with Crippen molar-refractivity contribution in [2.24, 2.45) is 0 Å². The van der Waals surface area contributed by atoms with Crippen LogP contribution in [0.3, 0.4) is 0 Å². The van der Waals surface area contributed by atoms with Crippen molar-refractivity contribution in [3.05, 3.63) is 35.9 Å². The fraction of sp³-hybridized carbons (Fsp3) is 0.273. The van der Waals surface area contributed by atoms with E-state index in [0.717, 1.165) is 0 Å². The lowest BCUT2D eigenvalue weighted by Gasteiger charge is -2.23. The first-order valence-corrected chi connectivity index (χ1v) is 5.49. The minimum absolute atomic E-state index is 0.399. The second kappa shape index (κ2) is 6.77. The second-order valence-corrected chi connectivity index (χ2v) is 3.54. The molecule has 0 aliphatic rings. The smallest absolute Gasteiger partial charge is 0.339 e. The molecule has 1 rings (SSSR count). The van der Waals surface area contributed by atoms with E-state index in [1.807, 2.05) is 6.07 Å². The third-order valence-corrected chi connectivity index (χ3v) is 2.96. The predicted molar refractivity (Wildman–Crippen MR) is 63.7 cm³/mol. The average molecular weight is 237 g/mol. The van der Waals surface area contributed by atoms with Gasteiger partial charge in [0.2, 0.25) is 0 Å². The molecule has 0 saturated heterocycles. The first-order chi connectivity index (χ1) is 7.52. The van der Waals surface area contributed by atoms with Crippen LogP contribution in [0.15, 0.2) is 30.3 Å². The van der Waals surface area contributed by atoms with Gasteiger partial charge in [0.1, 0.15) is 10.5 Å². The third-order valence-electron chi connectivity index (χ3n) is 2.14. The molecule has 0 amide bonds. The Hall–Kier alpha value is -1.64. The lowest BCUT2D eigenvalue weighted by molar-refractivity contribution is -0.154. The number of hydrogen-bond acceptors (Lipinski definition) is 3.